The van der Waals surface area contributed by atoms with Gasteiger partial charge in [0.25, 0.3) is 0 Å². The molecule has 6 heteroatoms. The van der Waals surface area contributed by atoms with Crippen molar-refractivity contribution in [2.75, 3.05) is 7.11 Å². The zero-order chi connectivity index (χ0) is 14.5. The summed E-state index contributed by atoms with van der Waals surface area (Å²) < 4.78 is 12.0. The lowest BCUT2D eigenvalue weighted by molar-refractivity contribution is 0.284. The van der Waals surface area contributed by atoms with E-state index in [0.717, 1.165) is 15.6 Å². The molecule has 21 heavy (non-hydrogen) atoms. The Balaban J connectivity index is 0.00000220. The van der Waals surface area contributed by atoms with Gasteiger partial charge in [-0.25, -0.2) is 0 Å². The fourth-order valence-electron chi connectivity index (χ4n) is 1.78. The number of hydrogen-bond acceptors (Lipinski definition) is 3. The molecule has 2 aromatic rings. The van der Waals surface area contributed by atoms with Gasteiger partial charge in [-0.15, -0.1) is 12.4 Å². The van der Waals surface area contributed by atoms with Crippen LogP contribution in [-0.4, -0.2) is 7.11 Å². The zero-order valence-electron chi connectivity index (χ0n) is 11.4. The Bertz CT molecular complexity index is 608. The molecule has 0 aliphatic heterocycles. The summed E-state index contributed by atoms with van der Waals surface area (Å²) in [5.74, 6) is 1.30. The van der Waals surface area contributed by atoms with Crippen LogP contribution in [0.15, 0.2) is 40.9 Å². The number of rotatable bonds is 5. The second-order valence-corrected chi connectivity index (χ2v) is 5.44. The number of ether oxygens (including phenoxy) is 2. The first-order valence-corrected chi connectivity index (χ1v) is 7.25. The van der Waals surface area contributed by atoms with Gasteiger partial charge in [-0.3, -0.25) is 0 Å². The maximum atomic E-state index is 6.11. The highest BCUT2D eigenvalue weighted by atomic mass is 79.9. The lowest BCUT2D eigenvalue weighted by atomic mass is 10.2. The zero-order valence-corrected chi connectivity index (χ0v) is 14.6. The average molecular weight is 393 g/mol. The molecule has 0 atom stereocenters. The first-order valence-electron chi connectivity index (χ1n) is 6.08. The van der Waals surface area contributed by atoms with E-state index in [-0.39, 0.29) is 12.4 Å². The third-order valence-corrected chi connectivity index (χ3v) is 4.00. The predicted molar refractivity (Wildman–Crippen MR) is 91.6 cm³/mol. The predicted octanol–water partition coefficient (Wildman–Crippen LogP) is 4.57. The Kier molecular flexibility index (Phi) is 7.32. The monoisotopic (exact) mass is 391 g/mol. The molecular formula is C15H16BrCl2NO2. The third kappa shape index (κ3) is 4.51. The van der Waals surface area contributed by atoms with Gasteiger partial charge in [0.15, 0.2) is 11.5 Å². The maximum absolute atomic E-state index is 6.11. The summed E-state index contributed by atoms with van der Waals surface area (Å²) in [4.78, 5) is 0. The molecule has 0 heterocycles. The van der Waals surface area contributed by atoms with Crippen LogP contribution in [0.2, 0.25) is 5.02 Å². The third-order valence-electron chi connectivity index (χ3n) is 2.89. The Morgan fingerprint density at radius 2 is 1.86 bits per heavy atom. The molecule has 0 fully saturated rings. The minimum absolute atomic E-state index is 0. The van der Waals surface area contributed by atoms with E-state index in [4.69, 9.17) is 26.8 Å². The molecule has 0 aromatic heterocycles. The van der Waals surface area contributed by atoms with E-state index in [9.17, 15) is 0 Å². The molecule has 2 rings (SSSR count). The van der Waals surface area contributed by atoms with Crippen LogP contribution >= 0.6 is 39.9 Å². The lowest BCUT2D eigenvalue weighted by Gasteiger charge is -2.14. The molecule has 3 nitrogen and oxygen atoms in total. The van der Waals surface area contributed by atoms with Gasteiger partial charge in [-0.05, 0) is 23.8 Å². The van der Waals surface area contributed by atoms with Gasteiger partial charge in [0.1, 0.15) is 6.61 Å². The summed E-state index contributed by atoms with van der Waals surface area (Å²) in [5, 5.41) is 0.684. The summed E-state index contributed by atoms with van der Waals surface area (Å²) >= 11 is 9.58. The molecule has 0 saturated carbocycles. The standard InChI is InChI=1S/C15H15BrClNO2.ClH/c1-19-14-6-11(8-18)12(16)7-15(14)20-9-10-4-2-3-5-13(10)17;/h2-7H,8-9,18H2,1H3;1H. The van der Waals surface area contributed by atoms with E-state index in [2.05, 4.69) is 15.9 Å². The van der Waals surface area contributed by atoms with Gasteiger partial charge in [0.2, 0.25) is 0 Å². The minimum Gasteiger partial charge on any atom is -0.493 e. The molecule has 0 radical (unpaired) electrons. The van der Waals surface area contributed by atoms with Gasteiger partial charge in [0.05, 0.1) is 7.11 Å². The molecular weight excluding hydrogens is 377 g/mol. The van der Waals surface area contributed by atoms with Crippen molar-refractivity contribution >= 4 is 39.9 Å². The van der Waals surface area contributed by atoms with Crippen molar-refractivity contribution < 1.29 is 9.47 Å². The van der Waals surface area contributed by atoms with Crippen molar-refractivity contribution in [2.45, 2.75) is 13.2 Å². The van der Waals surface area contributed by atoms with E-state index >= 15 is 0 Å². The second kappa shape index (κ2) is 8.49. The highest BCUT2D eigenvalue weighted by Gasteiger charge is 2.10. The van der Waals surface area contributed by atoms with E-state index in [0.29, 0.717) is 29.7 Å². The van der Waals surface area contributed by atoms with Crippen molar-refractivity contribution in [2.24, 2.45) is 5.73 Å². The number of hydrogen-bond donors (Lipinski definition) is 1. The Labute approximate surface area is 143 Å². The summed E-state index contributed by atoms with van der Waals surface area (Å²) in [5.41, 5.74) is 7.56. The van der Waals surface area contributed by atoms with Crippen LogP contribution in [-0.2, 0) is 13.2 Å². The maximum Gasteiger partial charge on any atom is 0.162 e. The van der Waals surface area contributed by atoms with Crippen LogP contribution in [0.3, 0.4) is 0 Å². The number of halogens is 3. The average Bonchev–Trinajstić information content (AvgIpc) is 2.46. The van der Waals surface area contributed by atoms with Gasteiger partial charge in [-0.1, -0.05) is 45.7 Å². The normalized spacial score (nSPS) is 9.90. The Morgan fingerprint density at radius 1 is 1.14 bits per heavy atom. The van der Waals surface area contributed by atoms with Crippen LogP contribution in [0.5, 0.6) is 11.5 Å². The molecule has 0 saturated heterocycles. The van der Waals surface area contributed by atoms with Gasteiger partial charge >= 0.3 is 0 Å². The number of benzene rings is 2. The van der Waals surface area contributed by atoms with Crippen LogP contribution in [0, 0.1) is 0 Å². The first kappa shape index (κ1) is 18.1. The summed E-state index contributed by atoms with van der Waals surface area (Å²) in [6.45, 7) is 0.812. The molecule has 0 aliphatic carbocycles. The van der Waals surface area contributed by atoms with Crippen LogP contribution in [0.25, 0.3) is 0 Å². The van der Waals surface area contributed by atoms with Crippen molar-refractivity contribution in [3.05, 3.63) is 57.0 Å². The van der Waals surface area contributed by atoms with Gasteiger partial charge in [-0.2, -0.15) is 0 Å². The molecule has 114 valence electrons. The minimum atomic E-state index is 0. The smallest absolute Gasteiger partial charge is 0.162 e. The van der Waals surface area contributed by atoms with E-state index in [1.165, 1.54) is 0 Å². The molecule has 0 spiro atoms. The highest BCUT2D eigenvalue weighted by Crippen LogP contribution is 2.34. The second-order valence-electron chi connectivity index (χ2n) is 4.18. The number of methoxy groups -OCH3 is 1. The molecule has 0 amide bonds. The van der Waals surface area contributed by atoms with Crippen molar-refractivity contribution in [1.82, 2.24) is 0 Å². The quantitative estimate of drug-likeness (QED) is 0.810. The highest BCUT2D eigenvalue weighted by molar-refractivity contribution is 9.10. The molecule has 2 aromatic carbocycles. The summed E-state index contributed by atoms with van der Waals surface area (Å²) in [6.07, 6.45) is 0. The van der Waals surface area contributed by atoms with E-state index < -0.39 is 0 Å². The SMILES string of the molecule is COc1cc(CN)c(Br)cc1OCc1ccccc1Cl.Cl. The topological polar surface area (TPSA) is 44.5 Å². The van der Waals surface area contributed by atoms with Crippen LogP contribution < -0.4 is 15.2 Å². The largest absolute Gasteiger partial charge is 0.493 e. The van der Waals surface area contributed by atoms with E-state index in [1.807, 2.05) is 36.4 Å². The van der Waals surface area contributed by atoms with Crippen molar-refractivity contribution in [3.63, 3.8) is 0 Å². The fourth-order valence-corrected chi connectivity index (χ4v) is 2.45. The van der Waals surface area contributed by atoms with Crippen molar-refractivity contribution in [1.29, 1.82) is 0 Å². The summed E-state index contributed by atoms with van der Waals surface area (Å²) in [7, 11) is 1.60. The summed E-state index contributed by atoms with van der Waals surface area (Å²) in [6, 6.07) is 11.3. The van der Waals surface area contributed by atoms with Crippen LogP contribution in [0.1, 0.15) is 11.1 Å². The Morgan fingerprint density at radius 3 is 2.48 bits per heavy atom. The molecule has 0 unspecified atom stereocenters. The van der Waals surface area contributed by atoms with E-state index in [1.54, 1.807) is 7.11 Å². The van der Waals surface area contributed by atoms with Gasteiger partial charge < -0.3 is 15.2 Å². The Hall–Kier alpha value is -0.940. The number of nitrogens with two attached hydrogens (primary N) is 1. The van der Waals surface area contributed by atoms with Crippen molar-refractivity contribution in [3.8, 4) is 11.5 Å². The lowest BCUT2D eigenvalue weighted by Crippen LogP contribution is -2.02. The fraction of sp³-hybridized carbons (Fsp3) is 0.200. The molecule has 0 aliphatic rings. The van der Waals surface area contributed by atoms with Crippen LogP contribution in [0.4, 0.5) is 0 Å². The first-order chi connectivity index (χ1) is 9.65. The van der Waals surface area contributed by atoms with Gasteiger partial charge in [0, 0.05) is 21.6 Å². The molecule has 0 bridgehead atoms. The molecule has 2 N–H and O–H groups in total.